The molecule has 2 aromatic rings. The average molecular weight is 697 g/mol. The van der Waals surface area contributed by atoms with Crippen LogP contribution in [0.5, 0.6) is 0 Å². The standard InChI is InChI=1S/2C16H21.C2H4.4CH3.2Zr/c2*1-10(2)13-8-14-6-12(5)7-16(14)15(9-13)11(3)4;1-2;;;;;;/h2*6-11H,1-5H3;1-2H2;4*1H3;;. The van der Waals surface area contributed by atoms with E-state index >= 15 is 0 Å². The Morgan fingerprint density at radius 3 is 1.12 bits per heavy atom. The van der Waals surface area contributed by atoms with Crippen LogP contribution >= 0.6 is 0 Å². The van der Waals surface area contributed by atoms with Gasteiger partial charge in [0.15, 0.2) is 0 Å². The van der Waals surface area contributed by atoms with Gasteiger partial charge < -0.3 is 0 Å². The van der Waals surface area contributed by atoms with Crippen LogP contribution < -0.4 is 0 Å². The molecule has 4 rings (SSSR count). The molecule has 2 heteroatoms. The summed E-state index contributed by atoms with van der Waals surface area (Å²) >= 11 is -4.99. The van der Waals surface area contributed by atoms with Gasteiger partial charge in [-0.15, -0.1) is 0 Å². The normalized spacial score (nSPS) is 19.1. The number of hydrogen-bond acceptors (Lipinski definition) is 0. The monoisotopic (exact) mass is 694 g/mol. The van der Waals surface area contributed by atoms with Crippen molar-refractivity contribution >= 4 is 12.2 Å². The second kappa shape index (κ2) is 12.0. The van der Waals surface area contributed by atoms with Crippen molar-refractivity contribution in [3.63, 3.8) is 0 Å². The molecule has 0 fully saturated rings. The Morgan fingerprint density at radius 1 is 0.525 bits per heavy atom. The van der Waals surface area contributed by atoms with E-state index in [1.54, 1.807) is 55.7 Å². The first kappa shape index (κ1) is 32.6. The molecule has 0 radical (unpaired) electrons. The van der Waals surface area contributed by atoms with E-state index in [0.717, 1.165) is 7.25 Å². The number of rotatable bonds is 9. The molecular weight excluding hydrogens is 639 g/mol. The predicted molar refractivity (Wildman–Crippen MR) is 175 cm³/mol. The maximum atomic E-state index is 2.78. The Kier molecular flexibility index (Phi) is 9.77. The van der Waals surface area contributed by atoms with Gasteiger partial charge in [0.25, 0.3) is 0 Å². The molecule has 2 atom stereocenters. The van der Waals surface area contributed by atoms with Gasteiger partial charge in [0.2, 0.25) is 0 Å². The van der Waals surface area contributed by atoms with E-state index in [2.05, 4.69) is 124 Å². The predicted octanol–water partition coefficient (Wildman–Crippen LogP) is 13.1. The Hall–Kier alpha value is -0.314. The van der Waals surface area contributed by atoms with Gasteiger partial charge in [-0.3, -0.25) is 0 Å². The summed E-state index contributed by atoms with van der Waals surface area (Å²) in [6.45, 7) is 23.9. The van der Waals surface area contributed by atoms with Crippen LogP contribution in [0.25, 0.3) is 12.2 Å². The van der Waals surface area contributed by atoms with Gasteiger partial charge in [-0.05, 0) is 0 Å². The zero-order valence-corrected chi connectivity index (χ0v) is 33.3. The van der Waals surface area contributed by atoms with Gasteiger partial charge in [0, 0.05) is 0 Å². The van der Waals surface area contributed by atoms with Gasteiger partial charge in [0.05, 0.1) is 0 Å². The first-order valence-electron chi connectivity index (χ1n) is 16.2. The molecule has 0 aromatic heterocycles. The van der Waals surface area contributed by atoms with Crippen molar-refractivity contribution in [1.82, 2.24) is 0 Å². The Bertz CT molecular complexity index is 1230. The van der Waals surface area contributed by atoms with Gasteiger partial charge in [0.1, 0.15) is 0 Å². The third-order valence-electron chi connectivity index (χ3n) is 10.4. The molecule has 0 aliphatic heterocycles. The van der Waals surface area contributed by atoms with E-state index in [9.17, 15) is 0 Å². The van der Waals surface area contributed by atoms with Crippen molar-refractivity contribution in [1.29, 1.82) is 0 Å². The van der Waals surface area contributed by atoms with Crippen LogP contribution in [0.15, 0.2) is 35.4 Å². The van der Waals surface area contributed by atoms with Crippen molar-refractivity contribution in [3.05, 3.63) is 79.9 Å². The van der Waals surface area contributed by atoms with Crippen molar-refractivity contribution in [2.24, 2.45) is 0 Å². The van der Waals surface area contributed by atoms with Gasteiger partial charge in [-0.1, -0.05) is 0 Å². The van der Waals surface area contributed by atoms with Crippen molar-refractivity contribution in [2.75, 3.05) is 0 Å². The molecule has 0 saturated heterocycles. The summed E-state index contributed by atoms with van der Waals surface area (Å²) in [5.74, 6) is 2.32. The van der Waals surface area contributed by atoms with E-state index in [-0.39, 0.29) is 0 Å². The molecule has 2 aliphatic carbocycles. The van der Waals surface area contributed by atoms with E-state index < -0.39 is 40.5 Å². The number of allylic oxidation sites excluding steroid dienone is 2. The fraction of sp³-hybridized carbons (Fsp3) is 0.579. The van der Waals surface area contributed by atoms with Gasteiger partial charge in [-0.2, -0.15) is 0 Å². The molecule has 2 aliphatic rings. The summed E-state index contributed by atoms with van der Waals surface area (Å²) in [7, 11) is 0. The Morgan fingerprint density at radius 2 is 0.850 bits per heavy atom. The van der Waals surface area contributed by atoms with E-state index in [4.69, 9.17) is 0 Å². The number of fused-ring (bicyclic) bond motifs is 2. The second-order valence-electron chi connectivity index (χ2n) is 16.0. The Labute approximate surface area is 257 Å². The van der Waals surface area contributed by atoms with Crippen LogP contribution in [0.3, 0.4) is 0 Å². The van der Waals surface area contributed by atoms with Gasteiger partial charge >= 0.3 is 260 Å². The van der Waals surface area contributed by atoms with Gasteiger partial charge in [-0.25, -0.2) is 0 Å². The summed E-state index contributed by atoms with van der Waals surface area (Å²) in [5.41, 5.74) is 16.1. The zero-order valence-electron chi connectivity index (χ0n) is 28.3. The SMILES string of the molecule is CC1=Cc2c(C(C)C)cc(C(C)C)cc2[CH]1[Zr]([CH3])([CH3])[CH2][CH2][Zr]([CH3])([CH3])[CH]1C(C)=Cc2c(C(C)C)cc(C(C)C)cc21. The summed E-state index contributed by atoms with van der Waals surface area (Å²) in [6.07, 6.45) is 5.18. The molecule has 40 heavy (non-hydrogen) atoms. The number of benzene rings is 2. The van der Waals surface area contributed by atoms with Crippen molar-refractivity contribution in [2.45, 2.75) is 127 Å². The van der Waals surface area contributed by atoms with Crippen LogP contribution in [0, 0.1) is 0 Å². The molecule has 2 aromatic carbocycles. The first-order chi connectivity index (χ1) is 18.5. The molecule has 0 N–H and O–H groups in total. The summed E-state index contributed by atoms with van der Waals surface area (Å²) in [6, 6.07) is 10.3. The van der Waals surface area contributed by atoms with Crippen LogP contribution in [-0.4, -0.2) is 0 Å². The molecule has 218 valence electrons. The third kappa shape index (κ3) is 6.17. The van der Waals surface area contributed by atoms with Crippen LogP contribution in [-0.2, 0) is 40.5 Å². The summed E-state index contributed by atoms with van der Waals surface area (Å²) in [4.78, 5) is 0. The molecule has 0 heterocycles. The van der Waals surface area contributed by atoms with Crippen LogP contribution in [0.2, 0.25) is 26.8 Å². The summed E-state index contributed by atoms with van der Waals surface area (Å²) in [5, 5.41) is 0. The average Bonchev–Trinajstić information content (AvgIpc) is 3.37. The maximum absolute atomic E-state index is 2.78. The molecular formula is C38H58Zr2. The molecule has 0 nitrogen and oxygen atoms in total. The topological polar surface area (TPSA) is 0 Å². The van der Waals surface area contributed by atoms with E-state index in [1.807, 2.05) is 0 Å². The quantitative estimate of drug-likeness (QED) is 0.245. The minimum absolute atomic E-state index is 0.576. The molecule has 2 unspecified atom stereocenters. The van der Waals surface area contributed by atoms with E-state index in [0.29, 0.717) is 23.7 Å². The molecule has 0 amide bonds. The van der Waals surface area contributed by atoms with Crippen LogP contribution in [0.1, 0.15) is 145 Å². The fourth-order valence-corrected chi connectivity index (χ4v) is 43.1. The molecule has 0 spiro atoms. The summed E-state index contributed by atoms with van der Waals surface area (Å²) < 4.78 is 15.6. The first-order valence-corrected chi connectivity index (χ1v) is 32.3. The second-order valence-corrected chi connectivity index (χ2v) is 40.8. The molecule has 0 saturated carbocycles. The third-order valence-corrected chi connectivity index (χ3v) is 32.4. The van der Waals surface area contributed by atoms with Crippen LogP contribution in [0.4, 0.5) is 0 Å². The Balaban J connectivity index is 1.67. The van der Waals surface area contributed by atoms with Crippen molar-refractivity contribution < 1.29 is 40.5 Å². The minimum atomic E-state index is -2.49. The fourth-order valence-electron chi connectivity index (χ4n) is 8.00. The zero-order chi connectivity index (χ0) is 29.9. The molecule has 0 bridgehead atoms. The number of hydrogen-bond donors (Lipinski definition) is 0. The van der Waals surface area contributed by atoms with E-state index in [1.165, 1.54) is 8.26 Å². The van der Waals surface area contributed by atoms with Crippen molar-refractivity contribution in [3.8, 4) is 0 Å².